The third-order valence-corrected chi connectivity index (χ3v) is 6.58. The van der Waals surface area contributed by atoms with Crippen molar-refractivity contribution in [1.29, 1.82) is 0 Å². The van der Waals surface area contributed by atoms with Crippen molar-refractivity contribution in [2.24, 2.45) is 0 Å². The van der Waals surface area contributed by atoms with E-state index in [1.54, 1.807) is 0 Å². The molecule has 3 aromatic rings. The summed E-state index contributed by atoms with van der Waals surface area (Å²) in [6, 6.07) is 11.8. The summed E-state index contributed by atoms with van der Waals surface area (Å²) in [6.45, 7) is 3.09. The molecular weight excluding hydrogens is 392 g/mol. The Labute approximate surface area is 167 Å². The largest absolute Gasteiger partial charge is 0.326 e. The van der Waals surface area contributed by atoms with Crippen LogP contribution in [0.15, 0.2) is 56.9 Å². The number of H-pyrrole nitrogens is 2. The quantitative estimate of drug-likeness (QED) is 0.562. The van der Waals surface area contributed by atoms with E-state index in [2.05, 4.69) is 19.6 Å². The van der Waals surface area contributed by atoms with Gasteiger partial charge in [0, 0.05) is 13.1 Å². The van der Waals surface area contributed by atoms with Gasteiger partial charge in [0.1, 0.15) is 0 Å². The predicted octanol–water partition coefficient (Wildman–Crippen LogP) is 1.29. The van der Waals surface area contributed by atoms with Crippen LogP contribution in [0.25, 0.3) is 10.9 Å². The van der Waals surface area contributed by atoms with Gasteiger partial charge in [-0.15, -0.1) is 0 Å². The normalized spacial score (nSPS) is 15.2. The van der Waals surface area contributed by atoms with Crippen LogP contribution in [0, 0.1) is 0 Å². The predicted molar refractivity (Wildman–Crippen MR) is 110 cm³/mol. The number of fused-ring (bicyclic) bond motifs is 1. The Morgan fingerprint density at radius 2 is 1.69 bits per heavy atom. The maximum absolute atomic E-state index is 12.8. The Bertz CT molecular complexity index is 1260. The highest BCUT2D eigenvalue weighted by atomic mass is 32.2. The fourth-order valence-electron chi connectivity index (χ4n) is 3.63. The summed E-state index contributed by atoms with van der Waals surface area (Å²) in [5.41, 5.74) is 1.05. The number of aromatic amines is 2. The first-order valence-electron chi connectivity index (χ1n) is 9.47. The van der Waals surface area contributed by atoms with Crippen molar-refractivity contribution < 1.29 is 8.42 Å². The lowest BCUT2D eigenvalue weighted by atomic mass is 10.1. The molecule has 0 radical (unpaired) electrons. The van der Waals surface area contributed by atoms with E-state index in [0.717, 1.165) is 30.8 Å². The first-order chi connectivity index (χ1) is 13.9. The second-order valence-corrected chi connectivity index (χ2v) is 8.96. The molecule has 0 aliphatic carbocycles. The fraction of sp³-hybridized carbons (Fsp3) is 0.300. The van der Waals surface area contributed by atoms with Crippen molar-refractivity contribution in [1.82, 2.24) is 19.6 Å². The van der Waals surface area contributed by atoms with Gasteiger partial charge in [-0.3, -0.25) is 14.7 Å². The molecule has 2 aromatic carbocycles. The number of aromatic nitrogens is 2. The number of nitrogens with one attached hydrogen (secondary N) is 3. The molecule has 0 amide bonds. The molecule has 9 heteroatoms. The zero-order valence-electron chi connectivity index (χ0n) is 15.8. The standard InChI is InChI=1S/C20H22N4O4S/c25-19-17-11-16(7-8-18(17)22-20(26)23-19)29(27,28)21-12-14-5-1-2-6-15(14)13-24-9-3-4-10-24/h1-2,5-8,11,21H,3-4,9-10,12-13H2,(H2,22,23,25,26). The fourth-order valence-corrected chi connectivity index (χ4v) is 4.67. The third-order valence-electron chi connectivity index (χ3n) is 5.18. The van der Waals surface area contributed by atoms with E-state index in [1.165, 1.54) is 31.0 Å². The van der Waals surface area contributed by atoms with E-state index in [4.69, 9.17) is 0 Å². The average Bonchev–Trinajstić information content (AvgIpc) is 3.20. The van der Waals surface area contributed by atoms with Gasteiger partial charge in [0.15, 0.2) is 0 Å². The molecule has 29 heavy (non-hydrogen) atoms. The molecule has 0 unspecified atom stereocenters. The highest BCUT2D eigenvalue weighted by Crippen LogP contribution is 2.18. The van der Waals surface area contributed by atoms with Gasteiger partial charge in [0.05, 0.1) is 15.8 Å². The molecular formula is C20H22N4O4S. The van der Waals surface area contributed by atoms with Gasteiger partial charge in [0.25, 0.3) is 5.56 Å². The summed E-state index contributed by atoms with van der Waals surface area (Å²) in [6.07, 6.45) is 2.39. The lowest BCUT2D eigenvalue weighted by Crippen LogP contribution is -2.26. The molecule has 0 saturated carbocycles. The molecule has 152 valence electrons. The minimum absolute atomic E-state index is 0.0282. The van der Waals surface area contributed by atoms with Crippen molar-refractivity contribution in [3.63, 3.8) is 0 Å². The van der Waals surface area contributed by atoms with E-state index in [1.807, 2.05) is 24.3 Å². The minimum atomic E-state index is -3.83. The minimum Gasteiger partial charge on any atom is -0.307 e. The molecule has 1 saturated heterocycles. The molecule has 8 nitrogen and oxygen atoms in total. The Kier molecular flexibility index (Phi) is 5.35. The molecule has 1 aliphatic rings. The van der Waals surface area contributed by atoms with Crippen LogP contribution >= 0.6 is 0 Å². The second kappa shape index (κ2) is 7.94. The van der Waals surface area contributed by atoms with Crippen molar-refractivity contribution in [2.75, 3.05) is 13.1 Å². The number of sulfonamides is 1. The Hall–Kier alpha value is -2.75. The van der Waals surface area contributed by atoms with Gasteiger partial charge in [0.2, 0.25) is 10.0 Å². The lowest BCUT2D eigenvalue weighted by Gasteiger charge is -2.17. The van der Waals surface area contributed by atoms with Crippen LogP contribution in [0.4, 0.5) is 0 Å². The molecule has 4 rings (SSSR count). The smallest absolute Gasteiger partial charge is 0.307 e. The molecule has 2 heterocycles. The SMILES string of the molecule is O=c1[nH]c(=O)c2cc(S(=O)(=O)NCc3ccccc3CN3CCCC3)ccc2[nH]1. The maximum Gasteiger partial charge on any atom is 0.326 e. The van der Waals surface area contributed by atoms with E-state index >= 15 is 0 Å². The number of benzene rings is 2. The second-order valence-electron chi connectivity index (χ2n) is 7.19. The lowest BCUT2D eigenvalue weighted by molar-refractivity contribution is 0.330. The zero-order valence-corrected chi connectivity index (χ0v) is 16.6. The van der Waals surface area contributed by atoms with E-state index in [9.17, 15) is 18.0 Å². The van der Waals surface area contributed by atoms with Crippen LogP contribution in [0.2, 0.25) is 0 Å². The Morgan fingerprint density at radius 3 is 2.45 bits per heavy atom. The average molecular weight is 414 g/mol. The summed E-state index contributed by atoms with van der Waals surface area (Å²) in [5, 5.41) is 0.113. The third kappa shape index (κ3) is 4.31. The molecule has 1 aliphatic heterocycles. The monoisotopic (exact) mass is 414 g/mol. The van der Waals surface area contributed by atoms with Gasteiger partial charge in [-0.1, -0.05) is 24.3 Å². The van der Waals surface area contributed by atoms with Crippen LogP contribution < -0.4 is 16.0 Å². The summed E-state index contributed by atoms with van der Waals surface area (Å²) in [4.78, 5) is 30.2. The van der Waals surface area contributed by atoms with Crippen LogP contribution in [-0.4, -0.2) is 36.4 Å². The summed E-state index contributed by atoms with van der Waals surface area (Å²) in [5.74, 6) is 0. The van der Waals surface area contributed by atoms with Gasteiger partial charge in [-0.25, -0.2) is 17.9 Å². The topological polar surface area (TPSA) is 115 Å². The zero-order chi connectivity index (χ0) is 20.4. The van der Waals surface area contributed by atoms with Crippen molar-refractivity contribution in [3.05, 3.63) is 74.4 Å². The van der Waals surface area contributed by atoms with Gasteiger partial charge >= 0.3 is 5.69 Å². The van der Waals surface area contributed by atoms with Crippen molar-refractivity contribution in [2.45, 2.75) is 30.8 Å². The van der Waals surface area contributed by atoms with Gasteiger partial charge in [-0.05, 0) is 55.3 Å². The van der Waals surface area contributed by atoms with Crippen LogP contribution in [-0.2, 0) is 23.1 Å². The molecule has 0 atom stereocenters. The molecule has 0 spiro atoms. The Balaban J connectivity index is 1.56. The van der Waals surface area contributed by atoms with E-state index < -0.39 is 21.3 Å². The van der Waals surface area contributed by atoms with Crippen LogP contribution in [0.1, 0.15) is 24.0 Å². The first kappa shape index (κ1) is 19.6. The summed E-state index contributed by atoms with van der Waals surface area (Å²) >= 11 is 0. The van der Waals surface area contributed by atoms with Crippen LogP contribution in [0.3, 0.4) is 0 Å². The molecule has 3 N–H and O–H groups in total. The first-order valence-corrected chi connectivity index (χ1v) is 11.0. The Morgan fingerprint density at radius 1 is 0.966 bits per heavy atom. The number of likely N-dealkylation sites (tertiary alicyclic amines) is 1. The van der Waals surface area contributed by atoms with Gasteiger partial charge in [-0.2, -0.15) is 0 Å². The van der Waals surface area contributed by atoms with Crippen molar-refractivity contribution in [3.8, 4) is 0 Å². The summed E-state index contributed by atoms with van der Waals surface area (Å²) in [7, 11) is -3.83. The molecule has 1 aromatic heterocycles. The van der Waals surface area contributed by atoms with E-state index in [-0.39, 0.29) is 22.3 Å². The summed E-state index contributed by atoms with van der Waals surface area (Å²) < 4.78 is 28.2. The molecule has 0 bridgehead atoms. The molecule has 1 fully saturated rings. The van der Waals surface area contributed by atoms with Gasteiger partial charge < -0.3 is 4.98 Å². The number of hydrogen-bond donors (Lipinski definition) is 3. The number of hydrogen-bond acceptors (Lipinski definition) is 5. The van der Waals surface area contributed by atoms with Crippen molar-refractivity contribution >= 4 is 20.9 Å². The van der Waals surface area contributed by atoms with E-state index in [0.29, 0.717) is 0 Å². The highest BCUT2D eigenvalue weighted by Gasteiger charge is 2.18. The van der Waals surface area contributed by atoms with Crippen LogP contribution in [0.5, 0.6) is 0 Å². The maximum atomic E-state index is 12.8. The number of rotatable bonds is 6. The number of nitrogens with zero attached hydrogens (tertiary/aromatic N) is 1. The highest BCUT2D eigenvalue weighted by molar-refractivity contribution is 7.89.